The lowest BCUT2D eigenvalue weighted by atomic mass is 10.1. The number of carbonyl (C=O) groups is 2. The van der Waals surface area contributed by atoms with Gasteiger partial charge in [0, 0.05) is 11.8 Å². The number of anilines is 1. The van der Waals surface area contributed by atoms with Crippen molar-refractivity contribution in [3.8, 4) is 11.5 Å². The number of methoxy groups -OCH3 is 2. The monoisotopic (exact) mass is 369 g/mol. The molecular weight excluding hydrogens is 346 g/mol. The minimum atomic E-state index is -0.267. The summed E-state index contributed by atoms with van der Waals surface area (Å²) in [6.07, 6.45) is 0.271. The summed E-state index contributed by atoms with van der Waals surface area (Å²) >= 11 is 0. The van der Waals surface area contributed by atoms with Crippen LogP contribution in [0.2, 0.25) is 0 Å². The maximum atomic E-state index is 12.2. The standard InChI is InChI=1S/C20H23N3O4/c1-14(22-23-20(25)12-15-7-5-4-6-8-15)11-19(24)21-17-10-9-16(26-2)13-18(17)27-3/h4-10,13H,11-12H2,1-3H3,(H,21,24)(H,23,25). The summed E-state index contributed by atoms with van der Waals surface area (Å²) in [6, 6.07) is 14.5. The van der Waals surface area contributed by atoms with Gasteiger partial charge >= 0.3 is 0 Å². The highest BCUT2D eigenvalue weighted by Gasteiger charge is 2.10. The molecule has 0 aliphatic heterocycles. The van der Waals surface area contributed by atoms with Crippen LogP contribution < -0.4 is 20.2 Å². The number of nitrogens with one attached hydrogen (secondary N) is 2. The van der Waals surface area contributed by atoms with Gasteiger partial charge in [0.1, 0.15) is 11.5 Å². The summed E-state index contributed by atoms with van der Waals surface area (Å²) < 4.78 is 10.4. The Morgan fingerprint density at radius 3 is 2.41 bits per heavy atom. The van der Waals surface area contributed by atoms with E-state index < -0.39 is 0 Å². The van der Waals surface area contributed by atoms with Crippen molar-refractivity contribution in [3.05, 3.63) is 54.1 Å². The Morgan fingerprint density at radius 2 is 1.74 bits per heavy atom. The van der Waals surface area contributed by atoms with Crippen molar-refractivity contribution in [1.29, 1.82) is 0 Å². The van der Waals surface area contributed by atoms with Crippen LogP contribution in [0.5, 0.6) is 11.5 Å². The van der Waals surface area contributed by atoms with E-state index in [4.69, 9.17) is 9.47 Å². The first kappa shape index (κ1) is 20.0. The van der Waals surface area contributed by atoms with Crippen LogP contribution >= 0.6 is 0 Å². The molecular formula is C20H23N3O4. The molecule has 2 aromatic rings. The fourth-order valence-electron chi connectivity index (χ4n) is 2.35. The van der Waals surface area contributed by atoms with Gasteiger partial charge in [-0.2, -0.15) is 5.10 Å². The van der Waals surface area contributed by atoms with Gasteiger partial charge in [-0.05, 0) is 24.6 Å². The third-order valence-electron chi connectivity index (χ3n) is 3.68. The highest BCUT2D eigenvalue weighted by Crippen LogP contribution is 2.29. The molecule has 0 unspecified atom stereocenters. The van der Waals surface area contributed by atoms with E-state index in [0.29, 0.717) is 22.9 Å². The highest BCUT2D eigenvalue weighted by atomic mass is 16.5. The van der Waals surface area contributed by atoms with Gasteiger partial charge in [0.2, 0.25) is 11.8 Å². The first-order valence-electron chi connectivity index (χ1n) is 8.39. The lowest BCUT2D eigenvalue weighted by Gasteiger charge is -2.11. The van der Waals surface area contributed by atoms with E-state index >= 15 is 0 Å². The minimum absolute atomic E-state index is 0.0425. The van der Waals surface area contributed by atoms with Crippen molar-refractivity contribution in [3.63, 3.8) is 0 Å². The molecule has 7 heteroatoms. The number of rotatable bonds is 8. The van der Waals surface area contributed by atoms with E-state index in [1.54, 1.807) is 32.2 Å². The van der Waals surface area contributed by atoms with E-state index in [2.05, 4.69) is 15.8 Å². The molecule has 0 aliphatic rings. The summed E-state index contributed by atoms with van der Waals surface area (Å²) in [4.78, 5) is 24.1. The molecule has 2 rings (SSSR count). The van der Waals surface area contributed by atoms with Crippen LogP contribution in [0.25, 0.3) is 0 Å². The van der Waals surface area contributed by atoms with Crippen molar-refractivity contribution in [2.24, 2.45) is 5.10 Å². The summed E-state index contributed by atoms with van der Waals surface area (Å²) in [6.45, 7) is 1.67. The number of hydrazone groups is 1. The lowest BCUT2D eigenvalue weighted by Crippen LogP contribution is -2.23. The summed E-state index contributed by atoms with van der Waals surface area (Å²) in [5, 5.41) is 6.73. The Kier molecular flexibility index (Phi) is 7.37. The van der Waals surface area contributed by atoms with Crippen molar-refractivity contribution < 1.29 is 19.1 Å². The van der Waals surface area contributed by atoms with Gasteiger partial charge < -0.3 is 14.8 Å². The molecule has 27 heavy (non-hydrogen) atoms. The van der Waals surface area contributed by atoms with Crippen molar-refractivity contribution in [2.75, 3.05) is 19.5 Å². The van der Waals surface area contributed by atoms with Crippen molar-refractivity contribution >= 4 is 23.2 Å². The molecule has 2 N–H and O–H groups in total. The lowest BCUT2D eigenvalue weighted by molar-refractivity contribution is -0.120. The molecule has 0 aromatic heterocycles. The second-order valence-electron chi connectivity index (χ2n) is 5.84. The summed E-state index contributed by atoms with van der Waals surface area (Å²) in [5.74, 6) is 0.618. The third kappa shape index (κ3) is 6.47. The zero-order chi connectivity index (χ0) is 19.6. The van der Waals surface area contributed by atoms with E-state index in [1.165, 1.54) is 7.11 Å². The Morgan fingerprint density at radius 1 is 1.00 bits per heavy atom. The predicted octanol–water partition coefficient (Wildman–Crippen LogP) is 2.77. The number of hydrogen-bond donors (Lipinski definition) is 2. The van der Waals surface area contributed by atoms with E-state index in [-0.39, 0.29) is 24.7 Å². The van der Waals surface area contributed by atoms with Gasteiger partial charge in [-0.3, -0.25) is 9.59 Å². The first-order chi connectivity index (χ1) is 13.0. The molecule has 0 spiro atoms. The number of nitrogens with zero attached hydrogens (tertiary/aromatic N) is 1. The predicted molar refractivity (Wildman–Crippen MR) is 104 cm³/mol. The van der Waals surface area contributed by atoms with Gasteiger partial charge in [0.25, 0.3) is 0 Å². The van der Waals surface area contributed by atoms with Crippen LogP contribution in [-0.4, -0.2) is 31.7 Å². The zero-order valence-corrected chi connectivity index (χ0v) is 15.6. The van der Waals surface area contributed by atoms with Gasteiger partial charge in [-0.25, -0.2) is 5.43 Å². The van der Waals surface area contributed by atoms with E-state index in [1.807, 2.05) is 30.3 Å². The Hall–Kier alpha value is -3.35. The molecule has 0 saturated carbocycles. The maximum Gasteiger partial charge on any atom is 0.244 e. The van der Waals surface area contributed by atoms with Crippen LogP contribution in [0.4, 0.5) is 5.69 Å². The smallest absolute Gasteiger partial charge is 0.244 e. The second-order valence-corrected chi connectivity index (χ2v) is 5.84. The number of benzene rings is 2. The van der Waals surface area contributed by atoms with Crippen LogP contribution in [-0.2, 0) is 16.0 Å². The molecule has 0 heterocycles. The number of amides is 2. The number of ether oxygens (including phenoxy) is 2. The average molecular weight is 369 g/mol. The average Bonchev–Trinajstić information content (AvgIpc) is 2.67. The molecule has 0 radical (unpaired) electrons. The molecule has 2 aromatic carbocycles. The van der Waals surface area contributed by atoms with Crippen LogP contribution in [0.15, 0.2) is 53.6 Å². The van der Waals surface area contributed by atoms with Crippen LogP contribution in [0, 0.1) is 0 Å². The molecule has 142 valence electrons. The second kappa shape index (κ2) is 9.96. The van der Waals surface area contributed by atoms with E-state index in [9.17, 15) is 9.59 Å². The van der Waals surface area contributed by atoms with Crippen LogP contribution in [0.1, 0.15) is 18.9 Å². The minimum Gasteiger partial charge on any atom is -0.497 e. The topological polar surface area (TPSA) is 89.0 Å². The van der Waals surface area contributed by atoms with Crippen LogP contribution in [0.3, 0.4) is 0 Å². The van der Waals surface area contributed by atoms with Crippen molar-refractivity contribution in [2.45, 2.75) is 19.8 Å². The summed E-state index contributed by atoms with van der Waals surface area (Å²) in [5.41, 5.74) is 4.38. The first-order valence-corrected chi connectivity index (χ1v) is 8.39. The third-order valence-corrected chi connectivity index (χ3v) is 3.68. The Labute approximate surface area is 158 Å². The number of hydrogen-bond acceptors (Lipinski definition) is 5. The van der Waals surface area contributed by atoms with E-state index in [0.717, 1.165) is 5.56 Å². The molecule has 7 nitrogen and oxygen atoms in total. The fraction of sp³-hybridized carbons (Fsp3) is 0.250. The molecule has 0 aliphatic carbocycles. The van der Waals surface area contributed by atoms with Gasteiger partial charge in [0.15, 0.2) is 0 Å². The SMILES string of the molecule is COc1ccc(NC(=O)CC(C)=NNC(=O)Cc2ccccc2)c(OC)c1. The summed E-state index contributed by atoms with van der Waals surface area (Å²) in [7, 11) is 3.07. The largest absolute Gasteiger partial charge is 0.497 e. The Bertz CT molecular complexity index is 819. The van der Waals surface area contributed by atoms with Gasteiger partial charge in [-0.15, -0.1) is 0 Å². The normalized spacial score (nSPS) is 10.9. The highest BCUT2D eigenvalue weighted by molar-refractivity contribution is 6.06. The molecule has 0 fully saturated rings. The molecule has 0 atom stereocenters. The molecule has 0 saturated heterocycles. The van der Waals surface area contributed by atoms with Crippen molar-refractivity contribution in [1.82, 2.24) is 5.43 Å². The zero-order valence-electron chi connectivity index (χ0n) is 15.6. The Balaban J connectivity index is 1.87. The van der Waals surface area contributed by atoms with Gasteiger partial charge in [-0.1, -0.05) is 30.3 Å². The molecule has 0 bridgehead atoms. The fourth-order valence-corrected chi connectivity index (χ4v) is 2.35. The maximum absolute atomic E-state index is 12.2. The number of carbonyl (C=O) groups excluding carboxylic acids is 2. The molecule has 2 amide bonds. The quantitative estimate of drug-likeness (QED) is 0.553. The van der Waals surface area contributed by atoms with Gasteiger partial charge in [0.05, 0.1) is 32.7 Å².